The lowest BCUT2D eigenvalue weighted by molar-refractivity contribution is -0.147. The quantitative estimate of drug-likeness (QED) is 0.736. The summed E-state index contributed by atoms with van der Waals surface area (Å²) in [6.07, 6.45) is 5.42. The van der Waals surface area contributed by atoms with Crippen molar-refractivity contribution >= 4 is 11.8 Å². The third-order valence-electron chi connectivity index (χ3n) is 6.70. The molecule has 1 unspecified atom stereocenters. The molecule has 1 saturated carbocycles. The number of rotatable bonds is 6. The van der Waals surface area contributed by atoms with Crippen molar-refractivity contribution in [2.45, 2.75) is 56.0 Å². The fourth-order valence-corrected chi connectivity index (χ4v) is 5.04. The highest BCUT2D eigenvalue weighted by molar-refractivity contribution is 5.91. The number of nitrogens with zero attached hydrogens (tertiary/aromatic N) is 2. The predicted molar refractivity (Wildman–Crippen MR) is 110 cm³/mol. The summed E-state index contributed by atoms with van der Waals surface area (Å²) in [4.78, 5) is 30.4. The van der Waals surface area contributed by atoms with Crippen LogP contribution in [-0.2, 0) is 24.5 Å². The lowest BCUT2D eigenvalue weighted by Crippen LogP contribution is -2.57. The number of carbonyl (C=O) groups excluding carboxylic acids is 2. The number of carbonyl (C=O) groups is 2. The van der Waals surface area contributed by atoms with Gasteiger partial charge in [-0.15, -0.1) is 0 Å². The Hall–Kier alpha value is -1.92. The minimum atomic E-state index is -0.344. The smallest absolute Gasteiger partial charge is 0.249 e. The minimum Gasteiger partial charge on any atom is -0.381 e. The molecule has 3 aliphatic rings. The first kappa shape index (κ1) is 20.4. The molecule has 0 radical (unpaired) electrons. The average molecular weight is 401 g/mol. The maximum Gasteiger partial charge on any atom is 0.249 e. The van der Waals surface area contributed by atoms with Crippen LogP contribution in [0.1, 0.15) is 44.1 Å². The van der Waals surface area contributed by atoms with Crippen LogP contribution in [0, 0.1) is 0 Å². The molecule has 6 nitrogen and oxygen atoms in total. The normalized spacial score (nSPS) is 24.2. The molecule has 2 saturated heterocycles. The van der Waals surface area contributed by atoms with Gasteiger partial charge in [0.15, 0.2) is 0 Å². The molecule has 2 amide bonds. The number of amides is 2. The summed E-state index contributed by atoms with van der Waals surface area (Å²) in [6.45, 7) is 2.88. The molecule has 1 aliphatic carbocycles. The van der Waals surface area contributed by atoms with Crippen molar-refractivity contribution in [2.24, 2.45) is 0 Å². The van der Waals surface area contributed by atoms with Gasteiger partial charge in [-0.1, -0.05) is 30.3 Å². The molecular formula is C23H32N2O4. The molecule has 2 aliphatic heterocycles. The lowest BCUT2D eigenvalue weighted by atomic mass is 9.92. The van der Waals surface area contributed by atoms with E-state index in [1.54, 1.807) is 7.11 Å². The Morgan fingerprint density at radius 3 is 2.52 bits per heavy atom. The zero-order valence-electron chi connectivity index (χ0n) is 17.3. The van der Waals surface area contributed by atoms with E-state index in [1.165, 1.54) is 0 Å². The van der Waals surface area contributed by atoms with Crippen molar-refractivity contribution in [1.82, 2.24) is 9.80 Å². The van der Waals surface area contributed by atoms with Gasteiger partial charge in [-0.25, -0.2) is 0 Å². The van der Waals surface area contributed by atoms with Crippen LogP contribution in [0.2, 0.25) is 0 Å². The molecule has 4 rings (SSSR count). The van der Waals surface area contributed by atoms with Gasteiger partial charge in [0.25, 0.3) is 0 Å². The van der Waals surface area contributed by atoms with Crippen LogP contribution in [0.5, 0.6) is 0 Å². The van der Waals surface area contributed by atoms with Crippen molar-refractivity contribution in [3.8, 4) is 0 Å². The summed E-state index contributed by atoms with van der Waals surface area (Å²) >= 11 is 0. The number of benzene rings is 1. The van der Waals surface area contributed by atoms with E-state index in [0.717, 1.165) is 50.6 Å². The molecule has 1 aromatic rings. The fraction of sp³-hybridized carbons (Fsp3) is 0.652. The summed E-state index contributed by atoms with van der Waals surface area (Å²) in [5.41, 5.74) is 0.785. The van der Waals surface area contributed by atoms with Crippen LogP contribution in [0.4, 0.5) is 0 Å². The summed E-state index contributed by atoms with van der Waals surface area (Å²) in [5.74, 6) is 0.266. The van der Waals surface area contributed by atoms with Gasteiger partial charge in [0.05, 0.1) is 5.41 Å². The first-order valence-electron chi connectivity index (χ1n) is 10.9. The highest BCUT2D eigenvalue weighted by Gasteiger charge is 2.53. The van der Waals surface area contributed by atoms with Crippen LogP contribution in [0.15, 0.2) is 30.3 Å². The van der Waals surface area contributed by atoms with Crippen LogP contribution >= 0.6 is 0 Å². The fourth-order valence-electron chi connectivity index (χ4n) is 5.04. The van der Waals surface area contributed by atoms with Crippen molar-refractivity contribution in [2.75, 3.05) is 40.0 Å². The van der Waals surface area contributed by atoms with Gasteiger partial charge in [-0.3, -0.25) is 9.59 Å². The van der Waals surface area contributed by atoms with Gasteiger partial charge >= 0.3 is 0 Å². The lowest BCUT2D eigenvalue weighted by Gasteiger charge is -2.44. The highest BCUT2D eigenvalue weighted by Crippen LogP contribution is 2.49. The number of piperidine rings is 1. The first-order chi connectivity index (χ1) is 14.2. The maximum absolute atomic E-state index is 13.5. The molecule has 6 heteroatoms. The van der Waals surface area contributed by atoms with Gasteiger partial charge in [0, 0.05) is 45.5 Å². The molecule has 1 aromatic carbocycles. The van der Waals surface area contributed by atoms with Gasteiger partial charge in [-0.2, -0.15) is 0 Å². The van der Waals surface area contributed by atoms with Gasteiger partial charge < -0.3 is 19.3 Å². The molecule has 1 atom stereocenters. The Balaban J connectivity index is 1.50. The number of ether oxygens (including phenoxy) is 2. The summed E-state index contributed by atoms with van der Waals surface area (Å²) in [6, 6.07) is 10.4. The Kier molecular flexibility index (Phi) is 6.20. The first-order valence-corrected chi connectivity index (χ1v) is 10.9. The molecule has 3 fully saturated rings. The Morgan fingerprint density at radius 1 is 1.14 bits per heavy atom. The number of methoxy groups -OCH3 is 1. The molecule has 158 valence electrons. The van der Waals surface area contributed by atoms with Gasteiger partial charge in [0.1, 0.15) is 6.61 Å². The van der Waals surface area contributed by atoms with Crippen molar-refractivity contribution in [3.05, 3.63) is 35.9 Å². The molecule has 0 N–H and O–H groups in total. The molecule has 0 aromatic heterocycles. The second-order valence-corrected chi connectivity index (χ2v) is 8.57. The van der Waals surface area contributed by atoms with Crippen molar-refractivity contribution in [1.29, 1.82) is 0 Å². The Bertz CT molecular complexity index is 713. The standard InChI is InChI=1S/C23H32N2O4/c1-28-17-21(26)25(19-9-14-29-15-10-19)20-8-5-13-24(16-20)22(27)23(11-12-23)18-6-3-2-4-7-18/h2-4,6-7,19-20H,5,8-17H2,1H3. The minimum absolute atomic E-state index is 0.0305. The van der Waals surface area contributed by atoms with Crippen LogP contribution in [0.3, 0.4) is 0 Å². The number of hydrogen-bond donors (Lipinski definition) is 0. The SMILES string of the molecule is COCC(=O)N(C1CCOCC1)C1CCCN(C(=O)C2(c3ccccc3)CC2)C1. The van der Waals surface area contributed by atoms with Gasteiger partial charge in [0.2, 0.25) is 11.8 Å². The molecular weight excluding hydrogens is 368 g/mol. The number of likely N-dealkylation sites (tertiary alicyclic amines) is 1. The molecule has 0 spiro atoms. The summed E-state index contributed by atoms with van der Waals surface area (Å²) in [7, 11) is 1.56. The third-order valence-corrected chi connectivity index (χ3v) is 6.70. The average Bonchev–Trinajstić information content (AvgIpc) is 3.57. The summed E-state index contributed by atoms with van der Waals surface area (Å²) in [5, 5.41) is 0. The van der Waals surface area contributed by atoms with E-state index in [0.29, 0.717) is 19.8 Å². The van der Waals surface area contributed by atoms with E-state index in [2.05, 4.69) is 12.1 Å². The van der Waals surface area contributed by atoms with Crippen LogP contribution < -0.4 is 0 Å². The second-order valence-electron chi connectivity index (χ2n) is 8.57. The molecule has 0 bridgehead atoms. The van der Waals surface area contributed by atoms with Crippen molar-refractivity contribution in [3.63, 3.8) is 0 Å². The van der Waals surface area contributed by atoms with Crippen LogP contribution in [-0.4, -0.2) is 73.7 Å². The Morgan fingerprint density at radius 2 is 1.86 bits per heavy atom. The molecule has 29 heavy (non-hydrogen) atoms. The monoisotopic (exact) mass is 400 g/mol. The summed E-state index contributed by atoms with van der Waals surface area (Å²) < 4.78 is 10.7. The van der Waals surface area contributed by atoms with E-state index in [1.807, 2.05) is 28.0 Å². The van der Waals surface area contributed by atoms with E-state index in [4.69, 9.17) is 9.47 Å². The zero-order valence-corrected chi connectivity index (χ0v) is 17.3. The van der Waals surface area contributed by atoms with E-state index >= 15 is 0 Å². The van der Waals surface area contributed by atoms with E-state index in [-0.39, 0.29) is 35.9 Å². The number of hydrogen-bond acceptors (Lipinski definition) is 4. The van der Waals surface area contributed by atoms with Gasteiger partial charge in [-0.05, 0) is 44.1 Å². The largest absolute Gasteiger partial charge is 0.381 e. The predicted octanol–water partition coefficient (Wildman–Crippen LogP) is 2.36. The zero-order chi connectivity index (χ0) is 20.3. The second kappa shape index (κ2) is 8.84. The van der Waals surface area contributed by atoms with E-state index < -0.39 is 0 Å². The van der Waals surface area contributed by atoms with Crippen molar-refractivity contribution < 1.29 is 19.1 Å². The van der Waals surface area contributed by atoms with E-state index in [9.17, 15) is 9.59 Å². The van der Waals surface area contributed by atoms with Crippen LogP contribution in [0.25, 0.3) is 0 Å². The Labute approximate surface area is 173 Å². The topological polar surface area (TPSA) is 59.1 Å². The maximum atomic E-state index is 13.5. The third kappa shape index (κ3) is 4.19. The molecule has 2 heterocycles. The highest BCUT2D eigenvalue weighted by atomic mass is 16.5.